The van der Waals surface area contributed by atoms with Crippen LogP contribution in [0.5, 0.6) is 0 Å². The van der Waals surface area contributed by atoms with E-state index in [0.29, 0.717) is 12.8 Å². The smallest absolute Gasteiger partial charge is 0.462 e. The predicted octanol–water partition coefficient (Wildman–Crippen LogP) is 11.7. The van der Waals surface area contributed by atoms with Gasteiger partial charge in [0.25, 0.3) is 0 Å². The first-order valence-electron chi connectivity index (χ1n) is 21.9. The molecule has 0 aromatic carbocycles. The molecule has 3 N–H and O–H groups in total. The van der Waals surface area contributed by atoms with Crippen molar-refractivity contribution >= 4 is 19.8 Å². The maximum absolute atomic E-state index is 12.6. The first-order valence-corrected chi connectivity index (χ1v) is 23.4. The molecule has 0 fully saturated rings. The largest absolute Gasteiger partial charge is 0.472 e. The maximum atomic E-state index is 12.6. The summed E-state index contributed by atoms with van der Waals surface area (Å²) in [6.45, 7) is 2.26. The third-order valence-corrected chi connectivity index (χ3v) is 9.81. The summed E-state index contributed by atoms with van der Waals surface area (Å²) in [6, 6.07) is 0. The number of phosphoric ester groups is 1. The molecule has 0 spiro atoms. The Morgan fingerprint density at radius 3 is 1.53 bits per heavy atom. The predicted molar refractivity (Wildman–Crippen MR) is 233 cm³/mol. The quantitative estimate of drug-likeness (QED) is 0.0179. The zero-order valence-corrected chi connectivity index (χ0v) is 36.4. The average molecular weight is 823 g/mol. The molecule has 0 aromatic heterocycles. The second-order valence-electron chi connectivity index (χ2n) is 14.4. The Balaban J connectivity index is 4.39. The van der Waals surface area contributed by atoms with Crippen molar-refractivity contribution in [3.8, 4) is 0 Å². The second-order valence-corrected chi connectivity index (χ2v) is 15.8. The number of carbonyl (C=O) groups excluding carboxylic acids is 2. The molecule has 0 aliphatic heterocycles. The molecule has 57 heavy (non-hydrogen) atoms. The fraction of sp³-hybridized carbons (Fsp3) is 0.696. The van der Waals surface area contributed by atoms with Gasteiger partial charge in [0, 0.05) is 12.8 Å². The summed E-state index contributed by atoms with van der Waals surface area (Å²) in [5.74, 6) is -0.984. The van der Waals surface area contributed by atoms with E-state index in [1.807, 2.05) is 0 Å². The van der Waals surface area contributed by atoms with Crippen LogP contribution in [0.4, 0.5) is 0 Å². The molecule has 0 heterocycles. The van der Waals surface area contributed by atoms with Crippen LogP contribution in [0.2, 0.25) is 0 Å². The zero-order chi connectivity index (χ0) is 41.9. The number of phosphoric acid groups is 1. The van der Waals surface area contributed by atoms with E-state index in [9.17, 15) is 24.2 Å². The number of aliphatic hydroxyl groups is 2. The van der Waals surface area contributed by atoms with Gasteiger partial charge in [0.05, 0.1) is 19.8 Å². The standard InChI is InChI=1S/C46H79O10P/c1-3-5-7-9-11-13-15-17-19-20-21-22-24-25-27-29-31-33-35-37-45(49)53-41-44(42-55-57(51,52)54-40-43(48)39-47)56-46(50)38-36-34-32-30-28-26-23-18-16-14-12-10-8-6-4-2/h11,13-14,16-19,21-23,25,27,43-44,47-48H,3-10,12,15,20,24,26,28-42H2,1-2H3,(H,51,52)/b13-11+,16-14+,19-17+,22-21+,23-18+,27-25+/t43-,44+/m0/s1. The van der Waals surface area contributed by atoms with Crippen molar-refractivity contribution in [2.75, 3.05) is 26.4 Å². The Kier molecular flexibility index (Phi) is 39.7. The van der Waals surface area contributed by atoms with Gasteiger partial charge in [-0.1, -0.05) is 145 Å². The highest BCUT2D eigenvalue weighted by atomic mass is 31.2. The number of rotatable bonds is 40. The number of ether oxygens (including phenoxy) is 2. The monoisotopic (exact) mass is 823 g/mol. The molecule has 0 amide bonds. The molecule has 0 aliphatic carbocycles. The van der Waals surface area contributed by atoms with Crippen LogP contribution in [0, 0.1) is 0 Å². The van der Waals surface area contributed by atoms with E-state index >= 15 is 0 Å². The van der Waals surface area contributed by atoms with Gasteiger partial charge in [-0.05, 0) is 83.5 Å². The highest BCUT2D eigenvalue weighted by molar-refractivity contribution is 7.47. The fourth-order valence-corrected chi connectivity index (χ4v) is 6.23. The van der Waals surface area contributed by atoms with E-state index in [1.165, 1.54) is 51.4 Å². The van der Waals surface area contributed by atoms with Crippen molar-refractivity contribution in [2.45, 2.75) is 180 Å². The summed E-state index contributed by atoms with van der Waals surface area (Å²) in [7, 11) is -4.63. The fourth-order valence-electron chi connectivity index (χ4n) is 5.44. The minimum atomic E-state index is -4.63. The molecule has 328 valence electrons. The summed E-state index contributed by atoms with van der Waals surface area (Å²) in [4.78, 5) is 35.0. The van der Waals surface area contributed by atoms with Gasteiger partial charge in [-0.3, -0.25) is 18.6 Å². The highest BCUT2D eigenvalue weighted by Crippen LogP contribution is 2.43. The molecule has 0 radical (unpaired) electrons. The Morgan fingerprint density at radius 2 is 0.965 bits per heavy atom. The number of hydrogen-bond acceptors (Lipinski definition) is 9. The van der Waals surface area contributed by atoms with E-state index in [2.05, 4.69) is 91.3 Å². The lowest BCUT2D eigenvalue weighted by molar-refractivity contribution is -0.161. The SMILES string of the molecule is CCCCC/C=C/C/C=C/C/C=C/C/C=C/CCCCCC(=O)OC[C@H](COP(=O)(O)OC[C@@H](O)CO)OC(=O)CCCCCCC/C=C/C=C/CCCCCC. The van der Waals surface area contributed by atoms with Crippen LogP contribution in [-0.4, -0.2) is 65.7 Å². The molecule has 11 heteroatoms. The van der Waals surface area contributed by atoms with Gasteiger partial charge in [0.15, 0.2) is 6.10 Å². The van der Waals surface area contributed by atoms with Crippen LogP contribution in [0.3, 0.4) is 0 Å². The van der Waals surface area contributed by atoms with Crippen LogP contribution >= 0.6 is 7.82 Å². The molecule has 0 saturated carbocycles. The van der Waals surface area contributed by atoms with Crippen molar-refractivity contribution in [3.05, 3.63) is 72.9 Å². The van der Waals surface area contributed by atoms with Crippen molar-refractivity contribution in [2.24, 2.45) is 0 Å². The molecule has 3 atom stereocenters. The Hall–Kier alpha value is -2.59. The Bertz CT molecular complexity index is 1180. The van der Waals surface area contributed by atoms with Crippen molar-refractivity contribution in [1.29, 1.82) is 0 Å². The lowest BCUT2D eigenvalue weighted by Crippen LogP contribution is -2.29. The third kappa shape index (κ3) is 41.4. The number of aliphatic hydroxyl groups excluding tert-OH is 2. The highest BCUT2D eigenvalue weighted by Gasteiger charge is 2.27. The number of esters is 2. The lowest BCUT2D eigenvalue weighted by Gasteiger charge is -2.20. The summed E-state index contributed by atoms with van der Waals surface area (Å²) in [6.07, 6.45) is 47.2. The summed E-state index contributed by atoms with van der Waals surface area (Å²) in [5, 5.41) is 18.3. The molecule has 0 aliphatic rings. The van der Waals surface area contributed by atoms with Gasteiger partial charge in [-0.2, -0.15) is 0 Å². The Morgan fingerprint density at radius 1 is 0.544 bits per heavy atom. The summed E-state index contributed by atoms with van der Waals surface area (Å²) >= 11 is 0. The lowest BCUT2D eigenvalue weighted by atomic mass is 10.1. The van der Waals surface area contributed by atoms with E-state index in [0.717, 1.165) is 77.0 Å². The minimum Gasteiger partial charge on any atom is -0.462 e. The second kappa shape index (κ2) is 41.6. The van der Waals surface area contributed by atoms with Crippen LogP contribution in [-0.2, 0) is 32.7 Å². The normalized spacial score (nSPS) is 14.5. The summed E-state index contributed by atoms with van der Waals surface area (Å²) in [5.41, 5.74) is 0. The number of unbranched alkanes of at least 4 members (excludes halogenated alkanes) is 15. The van der Waals surface area contributed by atoms with E-state index in [-0.39, 0.29) is 19.4 Å². The molecular formula is C46H79O10P. The van der Waals surface area contributed by atoms with E-state index in [4.69, 9.17) is 19.1 Å². The van der Waals surface area contributed by atoms with Gasteiger partial charge in [-0.15, -0.1) is 0 Å². The third-order valence-electron chi connectivity index (χ3n) is 8.86. The van der Waals surface area contributed by atoms with Gasteiger partial charge < -0.3 is 24.6 Å². The maximum Gasteiger partial charge on any atom is 0.472 e. The van der Waals surface area contributed by atoms with Crippen molar-refractivity contribution < 1.29 is 47.8 Å². The van der Waals surface area contributed by atoms with Crippen molar-refractivity contribution in [1.82, 2.24) is 0 Å². The van der Waals surface area contributed by atoms with Crippen LogP contribution in [0.1, 0.15) is 168 Å². The average Bonchev–Trinajstić information content (AvgIpc) is 3.20. The molecule has 0 bridgehead atoms. The van der Waals surface area contributed by atoms with Crippen molar-refractivity contribution in [3.63, 3.8) is 0 Å². The molecule has 10 nitrogen and oxygen atoms in total. The molecular weight excluding hydrogens is 743 g/mol. The summed E-state index contributed by atoms with van der Waals surface area (Å²) < 4.78 is 32.7. The van der Waals surface area contributed by atoms with Gasteiger partial charge in [-0.25, -0.2) is 4.57 Å². The van der Waals surface area contributed by atoms with E-state index in [1.54, 1.807) is 0 Å². The van der Waals surface area contributed by atoms with Crippen LogP contribution in [0.25, 0.3) is 0 Å². The zero-order valence-electron chi connectivity index (χ0n) is 35.5. The first kappa shape index (κ1) is 54.4. The van der Waals surface area contributed by atoms with Gasteiger partial charge >= 0.3 is 19.8 Å². The molecule has 1 unspecified atom stereocenters. The van der Waals surface area contributed by atoms with Crippen LogP contribution < -0.4 is 0 Å². The molecule has 0 saturated heterocycles. The van der Waals surface area contributed by atoms with Gasteiger partial charge in [0.2, 0.25) is 0 Å². The first-order chi connectivity index (χ1) is 27.7. The number of hydrogen-bond donors (Lipinski definition) is 3. The van der Waals surface area contributed by atoms with E-state index < -0.39 is 51.8 Å². The molecule has 0 aromatic rings. The minimum absolute atomic E-state index is 0.156. The van der Waals surface area contributed by atoms with Crippen LogP contribution in [0.15, 0.2) is 72.9 Å². The Labute approximate surface area is 346 Å². The topological polar surface area (TPSA) is 149 Å². The number of carbonyl (C=O) groups is 2. The number of allylic oxidation sites excluding steroid dienone is 12. The molecule has 0 rings (SSSR count). The van der Waals surface area contributed by atoms with Gasteiger partial charge in [0.1, 0.15) is 12.7 Å².